The largest absolute Gasteiger partial charge is 0.447 e. The van der Waals surface area contributed by atoms with Crippen LogP contribution in [-0.2, 0) is 9.53 Å². The lowest BCUT2D eigenvalue weighted by molar-refractivity contribution is -0.120. The van der Waals surface area contributed by atoms with Crippen LogP contribution in [0.15, 0.2) is 0 Å². The third-order valence-corrected chi connectivity index (χ3v) is 6.75. The zero-order chi connectivity index (χ0) is 23.1. The fourth-order valence-corrected chi connectivity index (χ4v) is 4.74. The maximum atomic E-state index is 12.0. The van der Waals surface area contributed by atoms with Gasteiger partial charge in [0.15, 0.2) is 6.29 Å². The van der Waals surface area contributed by atoms with Crippen molar-refractivity contribution >= 4 is 23.8 Å². The summed E-state index contributed by atoms with van der Waals surface area (Å²) in [6.07, 6.45) is 9.33. The molecule has 4 N–H and O–H groups in total. The number of rotatable bonds is 18. The van der Waals surface area contributed by atoms with Gasteiger partial charge in [0.25, 0.3) is 0 Å². The molecule has 0 aliphatic carbocycles. The maximum Gasteiger partial charge on any atom is 0.411 e. The highest BCUT2D eigenvalue weighted by molar-refractivity contribution is 7.99. The Balaban J connectivity index is 2.14. The van der Waals surface area contributed by atoms with E-state index in [1.54, 1.807) is 0 Å². The Kier molecular flexibility index (Phi) is 15.0. The molecule has 0 aromatic rings. The van der Waals surface area contributed by atoms with Crippen molar-refractivity contribution in [1.29, 1.82) is 0 Å². The number of aliphatic hydroxyl groups excluding tert-OH is 2. The summed E-state index contributed by atoms with van der Waals surface area (Å²) in [5.74, 6) is 0.230. The number of thioether (sulfide) groups is 1. The standard InChI is InChI=1S/C22H42N2O6S/c1-3-4-5-6-7-8-9-10-11-12-14-23-19(26)13-15-31-20(21(27)28)24-18(17(2)25)16-30-22(24)29/h17-18,20-21,25,27-28H,3-16H2,1-2H3,(H,23,26). The molecule has 0 bridgehead atoms. The molecule has 3 unspecified atom stereocenters. The van der Waals surface area contributed by atoms with E-state index in [-0.39, 0.29) is 18.9 Å². The van der Waals surface area contributed by atoms with Gasteiger partial charge >= 0.3 is 6.09 Å². The number of carbonyl (C=O) groups excluding carboxylic acids is 2. The minimum absolute atomic E-state index is 0.000374. The summed E-state index contributed by atoms with van der Waals surface area (Å²) < 4.78 is 4.93. The fraction of sp³-hybridized carbons (Fsp3) is 0.909. The predicted molar refractivity (Wildman–Crippen MR) is 123 cm³/mol. The van der Waals surface area contributed by atoms with Gasteiger partial charge in [0.2, 0.25) is 5.91 Å². The zero-order valence-electron chi connectivity index (χ0n) is 19.1. The van der Waals surface area contributed by atoms with E-state index >= 15 is 0 Å². The molecule has 1 saturated heterocycles. The molecule has 2 amide bonds. The minimum atomic E-state index is -1.80. The molecule has 0 aromatic carbocycles. The van der Waals surface area contributed by atoms with Gasteiger partial charge < -0.3 is 25.4 Å². The highest BCUT2D eigenvalue weighted by Crippen LogP contribution is 2.27. The van der Waals surface area contributed by atoms with Crippen LogP contribution >= 0.6 is 11.8 Å². The second kappa shape index (κ2) is 16.6. The molecule has 0 aromatic heterocycles. The third-order valence-electron chi connectivity index (χ3n) is 5.50. The number of nitrogens with one attached hydrogen (secondary N) is 1. The molecule has 8 nitrogen and oxygen atoms in total. The molecule has 1 heterocycles. The van der Waals surface area contributed by atoms with Crippen LogP contribution in [0.4, 0.5) is 4.79 Å². The van der Waals surface area contributed by atoms with E-state index in [0.29, 0.717) is 12.3 Å². The normalized spacial score (nSPS) is 18.3. The number of cyclic esters (lactones) is 1. The zero-order valence-corrected chi connectivity index (χ0v) is 19.9. The highest BCUT2D eigenvalue weighted by Gasteiger charge is 2.43. The van der Waals surface area contributed by atoms with Gasteiger partial charge in [-0.15, -0.1) is 11.8 Å². The monoisotopic (exact) mass is 462 g/mol. The number of unbranched alkanes of at least 4 members (excludes halogenated alkanes) is 9. The summed E-state index contributed by atoms with van der Waals surface area (Å²) in [6, 6.07) is -0.642. The van der Waals surface area contributed by atoms with Gasteiger partial charge in [-0.3, -0.25) is 9.69 Å². The average molecular weight is 463 g/mol. The SMILES string of the molecule is CCCCCCCCCCCCNC(=O)CCSC(C(O)O)N1C(=O)OCC1C(C)O. The van der Waals surface area contributed by atoms with E-state index in [4.69, 9.17) is 4.74 Å². The molecule has 0 radical (unpaired) electrons. The molecule has 1 aliphatic heterocycles. The average Bonchev–Trinajstić information content (AvgIpc) is 3.10. The number of ether oxygens (including phenoxy) is 1. The number of carbonyl (C=O) groups is 2. The second-order valence-electron chi connectivity index (χ2n) is 8.25. The van der Waals surface area contributed by atoms with Crippen molar-refractivity contribution in [1.82, 2.24) is 10.2 Å². The molecular formula is C22H42N2O6S. The molecule has 0 spiro atoms. The van der Waals surface area contributed by atoms with Crippen LogP contribution in [-0.4, -0.2) is 74.9 Å². The van der Waals surface area contributed by atoms with Crippen LogP contribution < -0.4 is 5.32 Å². The third kappa shape index (κ3) is 11.4. The number of amides is 2. The molecule has 1 fully saturated rings. The summed E-state index contributed by atoms with van der Waals surface area (Å²) in [6.45, 7) is 4.40. The van der Waals surface area contributed by atoms with E-state index in [0.717, 1.165) is 29.5 Å². The van der Waals surface area contributed by atoms with Crippen LogP contribution in [0.3, 0.4) is 0 Å². The highest BCUT2D eigenvalue weighted by atomic mass is 32.2. The molecule has 0 saturated carbocycles. The Morgan fingerprint density at radius 3 is 2.23 bits per heavy atom. The van der Waals surface area contributed by atoms with Gasteiger partial charge in [-0.25, -0.2) is 4.79 Å². The first-order valence-electron chi connectivity index (χ1n) is 11.8. The van der Waals surface area contributed by atoms with Gasteiger partial charge in [-0.05, 0) is 13.3 Å². The van der Waals surface area contributed by atoms with Gasteiger partial charge in [-0.1, -0.05) is 64.7 Å². The van der Waals surface area contributed by atoms with Crippen LogP contribution in [0, 0.1) is 0 Å². The summed E-state index contributed by atoms with van der Waals surface area (Å²) in [4.78, 5) is 25.1. The van der Waals surface area contributed by atoms with Crippen molar-refractivity contribution in [2.75, 3.05) is 18.9 Å². The summed E-state index contributed by atoms with van der Waals surface area (Å²) in [5, 5.41) is 31.1. The van der Waals surface area contributed by atoms with Crippen molar-refractivity contribution in [2.24, 2.45) is 0 Å². The van der Waals surface area contributed by atoms with Gasteiger partial charge in [0.1, 0.15) is 12.0 Å². The smallest absolute Gasteiger partial charge is 0.411 e. The Morgan fingerprint density at radius 1 is 1.10 bits per heavy atom. The van der Waals surface area contributed by atoms with Crippen LogP contribution in [0.5, 0.6) is 0 Å². The molecule has 1 aliphatic rings. The van der Waals surface area contributed by atoms with Gasteiger partial charge in [0, 0.05) is 18.7 Å². The van der Waals surface area contributed by atoms with Crippen LogP contribution in [0.1, 0.15) is 84.5 Å². The Morgan fingerprint density at radius 2 is 1.68 bits per heavy atom. The lowest BCUT2D eigenvalue weighted by Gasteiger charge is -2.32. The Bertz CT molecular complexity index is 506. The number of hydrogen-bond donors (Lipinski definition) is 4. The van der Waals surface area contributed by atoms with E-state index in [2.05, 4.69) is 12.2 Å². The summed E-state index contributed by atoms with van der Waals surface area (Å²) in [5.41, 5.74) is 0. The second-order valence-corrected chi connectivity index (χ2v) is 9.47. The van der Waals surface area contributed by atoms with Gasteiger partial charge in [-0.2, -0.15) is 0 Å². The maximum absolute atomic E-state index is 12.0. The van der Waals surface area contributed by atoms with E-state index in [1.165, 1.54) is 58.3 Å². The van der Waals surface area contributed by atoms with Crippen LogP contribution in [0.25, 0.3) is 0 Å². The Labute approximate surface area is 191 Å². The Hall–Kier alpha value is -1.03. The predicted octanol–water partition coefficient (Wildman–Crippen LogP) is 2.99. The lowest BCUT2D eigenvalue weighted by Crippen LogP contribution is -2.50. The molecule has 3 atom stereocenters. The van der Waals surface area contributed by atoms with Crippen molar-refractivity contribution in [3.05, 3.63) is 0 Å². The molecule has 1 rings (SSSR count). The lowest BCUT2D eigenvalue weighted by atomic mass is 10.1. The van der Waals surface area contributed by atoms with E-state index < -0.39 is 29.9 Å². The first kappa shape index (κ1) is 28.0. The van der Waals surface area contributed by atoms with Crippen LogP contribution in [0.2, 0.25) is 0 Å². The van der Waals surface area contributed by atoms with Crippen molar-refractivity contribution in [3.63, 3.8) is 0 Å². The molecule has 31 heavy (non-hydrogen) atoms. The molecular weight excluding hydrogens is 420 g/mol. The summed E-state index contributed by atoms with van der Waals surface area (Å²) in [7, 11) is 0. The number of hydrogen-bond acceptors (Lipinski definition) is 7. The summed E-state index contributed by atoms with van der Waals surface area (Å²) >= 11 is 1.09. The first-order chi connectivity index (χ1) is 14.9. The number of nitrogens with zero attached hydrogens (tertiary/aromatic N) is 1. The fourth-order valence-electron chi connectivity index (χ4n) is 3.62. The van der Waals surface area contributed by atoms with E-state index in [9.17, 15) is 24.9 Å². The van der Waals surface area contributed by atoms with Gasteiger partial charge in [0.05, 0.1) is 12.1 Å². The minimum Gasteiger partial charge on any atom is -0.447 e. The van der Waals surface area contributed by atoms with E-state index in [1.807, 2.05) is 0 Å². The quantitative estimate of drug-likeness (QED) is 0.183. The molecule has 9 heteroatoms. The number of aliphatic hydroxyl groups is 3. The van der Waals surface area contributed by atoms with Crippen molar-refractivity contribution < 1.29 is 29.6 Å². The van der Waals surface area contributed by atoms with Crippen molar-refractivity contribution in [2.45, 2.75) is 108 Å². The van der Waals surface area contributed by atoms with Crippen molar-refractivity contribution in [3.8, 4) is 0 Å². The topological polar surface area (TPSA) is 119 Å². The first-order valence-corrected chi connectivity index (χ1v) is 12.8. The molecule has 182 valence electrons.